The second-order valence-electron chi connectivity index (χ2n) is 3.65. The molecule has 1 aromatic carbocycles. The number of halogens is 1. The summed E-state index contributed by atoms with van der Waals surface area (Å²) in [5.41, 5.74) is 1.06. The minimum absolute atomic E-state index is 0.0803. The molecule has 15 heavy (non-hydrogen) atoms. The van der Waals surface area contributed by atoms with Gasteiger partial charge < -0.3 is 9.72 Å². The smallest absolute Gasteiger partial charge is 0.326 e. The second-order valence-corrected chi connectivity index (χ2v) is 3.65. The summed E-state index contributed by atoms with van der Waals surface area (Å²) < 4.78 is 19.6. The topological polar surface area (TPSA) is 47.0 Å². The summed E-state index contributed by atoms with van der Waals surface area (Å²) >= 11 is 0. The number of hydrogen-bond acceptors (Lipinski definition) is 2. The van der Waals surface area contributed by atoms with Gasteiger partial charge in [0, 0.05) is 0 Å². The van der Waals surface area contributed by atoms with E-state index in [9.17, 15) is 9.18 Å². The molecule has 1 aliphatic rings. The van der Waals surface area contributed by atoms with Crippen LogP contribution in [0.1, 0.15) is 6.04 Å². The lowest BCUT2D eigenvalue weighted by Crippen LogP contribution is -2.36. The van der Waals surface area contributed by atoms with E-state index in [1.165, 1.54) is 12.1 Å². The molecule has 1 saturated heterocycles. The molecule has 3 rings (SSSR count). The highest BCUT2D eigenvalue weighted by molar-refractivity contribution is 5.75. The van der Waals surface area contributed by atoms with Crippen molar-refractivity contribution in [3.63, 3.8) is 0 Å². The molecule has 0 spiro atoms. The van der Waals surface area contributed by atoms with Gasteiger partial charge in [0.25, 0.3) is 0 Å². The number of benzene rings is 1. The molecule has 5 heteroatoms. The van der Waals surface area contributed by atoms with Gasteiger partial charge >= 0.3 is 5.69 Å². The Balaban J connectivity index is 2.27. The Morgan fingerprint density at radius 3 is 2.93 bits per heavy atom. The lowest BCUT2D eigenvalue weighted by molar-refractivity contribution is -0.0228. The lowest BCUT2D eigenvalue weighted by Gasteiger charge is -2.26. The molecule has 0 saturated carbocycles. The summed E-state index contributed by atoms with van der Waals surface area (Å²) in [7, 11) is 0. The van der Waals surface area contributed by atoms with Gasteiger partial charge in [-0.25, -0.2) is 9.18 Å². The first-order chi connectivity index (χ1) is 7.25. The van der Waals surface area contributed by atoms with Crippen molar-refractivity contribution in [2.24, 2.45) is 0 Å². The predicted octanol–water partition coefficient (Wildman–Crippen LogP) is 1.04. The van der Waals surface area contributed by atoms with E-state index in [-0.39, 0.29) is 17.5 Å². The van der Waals surface area contributed by atoms with Crippen LogP contribution in [0.2, 0.25) is 0 Å². The molecule has 1 aliphatic heterocycles. The molecular formula is C10H9FN2O2. The van der Waals surface area contributed by atoms with Gasteiger partial charge in [-0.1, -0.05) is 0 Å². The number of fused-ring (bicyclic) bond motifs is 1. The van der Waals surface area contributed by atoms with Gasteiger partial charge in [0.1, 0.15) is 5.82 Å². The first kappa shape index (κ1) is 8.67. The van der Waals surface area contributed by atoms with E-state index >= 15 is 0 Å². The molecule has 4 nitrogen and oxygen atoms in total. The third kappa shape index (κ3) is 1.20. The SMILES string of the molecule is O=c1[nH]c2cc(F)ccc2n1C1COC1. The first-order valence-electron chi connectivity index (χ1n) is 4.73. The zero-order chi connectivity index (χ0) is 10.4. The van der Waals surface area contributed by atoms with Crippen molar-refractivity contribution < 1.29 is 9.13 Å². The fourth-order valence-corrected chi connectivity index (χ4v) is 1.84. The highest BCUT2D eigenvalue weighted by Gasteiger charge is 2.24. The van der Waals surface area contributed by atoms with Gasteiger partial charge in [-0.3, -0.25) is 4.57 Å². The second kappa shape index (κ2) is 2.93. The van der Waals surface area contributed by atoms with Crippen molar-refractivity contribution in [1.29, 1.82) is 0 Å². The van der Waals surface area contributed by atoms with E-state index in [1.807, 2.05) is 0 Å². The summed E-state index contributed by atoms with van der Waals surface area (Å²) in [6, 6.07) is 4.37. The fraction of sp³-hybridized carbons (Fsp3) is 0.300. The van der Waals surface area contributed by atoms with E-state index in [1.54, 1.807) is 10.6 Å². The molecule has 2 heterocycles. The van der Waals surface area contributed by atoms with Crippen molar-refractivity contribution in [3.8, 4) is 0 Å². The van der Waals surface area contributed by atoms with Gasteiger partial charge in [-0.15, -0.1) is 0 Å². The molecule has 0 amide bonds. The van der Waals surface area contributed by atoms with Crippen LogP contribution in [0, 0.1) is 5.82 Å². The Bertz CT molecular complexity index is 568. The predicted molar refractivity (Wildman–Crippen MR) is 52.4 cm³/mol. The molecule has 1 aromatic heterocycles. The van der Waals surface area contributed by atoms with Gasteiger partial charge in [-0.05, 0) is 18.2 Å². The van der Waals surface area contributed by atoms with Crippen LogP contribution in [0.3, 0.4) is 0 Å². The van der Waals surface area contributed by atoms with Crippen LogP contribution in [-0.4, -0.2) is 22.8 Å². The van der Waals surface area contributed by atoms with Crippen LogP contribution in [0.25, 0.3) is 11.0 Å². The molecule has 0 bridgehead atoms. The van der Waals surface area contributed by atoms with Crippen LogP contribution in [0.4, 0.5) is 4.39 Å². The number of nitrogens with zero attached hydrogens (tertiary/aromatic N) is 1. The molecule has 0 unspecified atom stereocenters. The third-order valence-corrected chi connectivity index (χ3v) is 2.66. The van der Waals surface area contributed by atoms with E-state index < -0.39 is 0 Å². The Kier molecular flexibility index (Phi) is 1.70. The zero-order valence-corrected chi connectivity index (χ0v) is 7.87. The Labute approximate surface area is 84.3 Å². The quantitative estimate of drug-likeness (QED) is 0.761. The van der Waals surface area contributed by atoms with Gasteiger partial charge in [0.15, 0.2) is 0 Å². The first-order valence-corrected chi connectivity index (χ1v) is 4.73. The van der Waals surface area contributed by atoms with E-state index in [2.05, 4.69) is 4.98 Å². The average Bonchev–Trinajstić information content (AvgIpc) is 2.40. The Morgan fingerprint density at radius 1 is 1.47 bits per heavy atom. The van der Waals surface area contributed by atoms with Crippen molar-refractivity contribution in [1.82, 2.24) is 9.55 Å². The highest BCUT2D eigenvalue weighted by Crippen LogP contribution is 2.21. The summed E-state index contributed by atoms with van der Waals surface area (Å²) in [4.78, 5) is 14.2. The number of hydrogen-bond donors (Lipinski definition) is 1. The number of H-pyrrole nitrogens is 1. The number of aromatic amines is 1. The molecule has 0 atom stereocenters. The maximum absolute atomic E-state index is 12.9. The Morgan fingerprint density at radius 2 is 2.27 bits per heavy atom. The van der Waals surface area contributed by atoms with Crippen LogP contribution in [-0.2, 0) is 4.74 Å². The lowest BCUT2D eigenvalue weighted by atomic mass is 10.2. The van der Waals surface area contributed by atoms with Crippen LogP contribution >= 0.6 is 0 Å². The van der Waals surface area contributed by atoms with E-state index in [0.717, 1.165) is 5.52 Å². The normalized spacial score (nSPS) is 16.9. The molecular weight excluding hydrogens is 199 g/mol. The van der Waals surface area contributed by atoms with Crippen molar-refractivity contribution in [3.05, 3.63) is 34.5 Å². The molecule has 78 valence electrons. The average molecular weight is 208 g/mol. The van der Waals surface area contributed by atoms with Gasteiger partial charge in [0.05, 0.1) is 30.3 Å². The molecule has 1 N–H and O–H groups in total. The van der Waals surface area contributed by atoms with E-state index in [0.29, 0.717) is 18.7 Å². The summed E-state index contributed by atoms with van der Waals surface area (Å²) in [5.74, 6) is -0.347. The molecule has 1 fully saturated rings. The molecule has 0 radical (unpaired) electrons. The number of aromatic nitrogens is 2. The number of imidazole rings is 1. The fourth-order valence-electron chi connectivity index (χ4n) is 1.84. The molecule has 0 aliphatic carbocycles. The zero-order valence-electron chi connectivity index (χ0n) is 7.87. The monoisotopic (exact) mass is 208 g/mol. The van der Waals surface area contributed by atoms with Crippen molar-refractivity contribution in [2.75, 3.05) is 13.2 Å². The summed E-state index contributed by atoms with van der Waals surface area (Å²) in [6.07, 6.45) is 0. The minimum atomic E-state index is -0.347. The van der Waals surface area contributed by atoms with E-state index in [4.69, 9.17) is 4.74 Å². The minimum Gasteiger partial charge on any atom is -0.377 e. The van der Waals surface area contributed by atoms with Crippen molar-refractivity contribution in [2.45, 2.75) is 6.04 Å². The van der Waals surface area contributed by atoms with Gasteiger partial charge in [0.2, 0.25) is 0 Å². The van der Waals surface area contributed by atoms with Crippen LogP contribution in [0.5, 0.6) is 0 Å². The molecule has 2 aromatic rings. The summed E-state index contributed by atoms with van der Waals surface area (Å²) in [5, 5.41) is 0. The summed E-state index contributed by atoms with van der Waals surface area (Å²) in [6.45, 7) is 1.09. The standard InChI is InChI=1S/C10H9FN2O2/c11-6-1-2-9-8(3-6)12-10(14)13(9)7-4-15-5-7/h1-3,7H,4-5H2,(H,12,14). The third-order valence-electron chi connectivity index (χ3n) is 2.66. The van der Waals surface area contributed by atoms with Crippen molar-refractivity contribution >= 4 is 11.0 Å². The van der Waals surface area contributed by atoms with Gasteiger partial charge in [-0.2, -0.15) is 0 Å². The van der Waals surface area contributed by atoms with Crippen LogP contribution in [0.15, 0.2) is 23.0 Å². The van der Waals surface area contributed by atoms with Crippen LogP contribution < -0.4 is 5.69 Å². The largest absolute Gasteiger partial charge is 0.377 e. The maximum Gasteiger partial charge on any atom is 0.326 e. The number of ether oxygens (including phenoxy) is 1. The number of rotatable bonds is 1. The Hall–Kier alpha value is -1.62. The maximum atomic E-state index is 12.9. The highest BCUT2D eigenvalue weighted by atomic mass is 19.1. The number of nitrogens with one attached hydrogen (secondary N) is 1.